The average Bonchev–Trinajstić information content (AvgIpc) is 1.68. The third-order valence-corrected chi connectivity index (χ3v) is 1.81. The maximum absolute atomic E-state index is 8.10. The van der Waals surface area contributed by atoms with Gasteiger partial charge >= 0.3 is 0 Å². The van der Waals surface area contributed by atoms with Crippen LogP contribution in [0.3, 0.4) is 0 Å². The molecular weight excluding hydrogens is 154 g/mol. The van der Waals surface area contributed by atoms with Crippen LogP contribution in [0.4, 0.5) is 0 Å². The van der Waals surface area contributed by atoms with Gasteiger partial charge in [-0.15, -0.1) is 0 Å². The van der Waals surface area contributed by atoms with Gasteiger partial charge in [0.15, 0.2) is 0 Å². The lowest BCUT2D eigenvalue weighted by molar-refractivity contribution is 0.688. The van der Waals surface area contributed by atoms with Crippen molar-refractivity contribution in [2.24, 2.45) is 5.92 Å². The van der Waals surface area contributed by atoms with Crippen molar-refractivity contribution in [1.29, 1.82) is 5.26 Å². The van der Waals surface area contributed by atoms with Gasteiger partial charge in [0.05, 0.1) is 6.07 Å². The van der Waals surface area contributed by atoms with Gasteiger partial charge in [-0.25, -0.2) is 0 Å². The Bertz CT molecular complexity index is 74.6. The van der Waals surface area contributed by atoms with Gasteiger partial charge in [0.1, 0.15) is 0 Å². The normalized spacial score (nSPS) is 12.7. The van der Waals surface area contributed by atoms with E-state index in [9.17, 15) is 0 Å². The van der Waals surface area contributed by atoms with Crippen LogP contribution in [-0.4, -0.2) is 5.33 Å². The van der Waals surface area contributed by atoms with Crippen molar-refractivity contribution >= 4 is 15.9 Å². The van der Waals surface area contributed by atoms with Crippen molar-refractivity contribution in [3.05, 3.63) is 0 Å². The maximum Gasteiger partial charge on any atom is 0.0624 e. The molecule has 2 heteroatoms. The summed E-state index contributed by atoms with van der Waals surface area (Å²) < 4.78 is 0. The van der Waals surface area contributed by atoms with E-state index in [0.717, 1.165) is 5.33 Å². The summed E-state index contributed by atoms with van der Waals surface area (Å²) in [6, 6.07) is 2.09. The van der Waals surface area contributed by atoms with Crippen LogP contribution >= 0.6 is 15.9 Å². The monoisotopic (exact) mass is 161 g/mol. The van der Waals surface area contributed by atoms with Gasteiger partial charge in [-0.2, -0.15) is 5.26 Å². The molecule has 0 spiro atoms. The van der Waals surface area contributed by atoms with Gasteiger partial charge in [0, 0.05) is 11.8 Å². The minimum atomic E-state index is 0.505. The third kappa shape index (κ3) is 3.81. The van der Waals surface area contributed by atoms with Crippen LogP contribution in [0.5, 0.6) is 0 Å². The molecule has 0 heterocycles. The van der Waals surface area contributed by atoms with Crippen LogP contribution in [0, 0.1) is 17.2 Å². The minimum Gasteiger partial charge on any atom is -0.198 e. The van der Waals surface area contributed by atoms with Crippen LogP contribution in [-0.2, 0) is 0 Å². The summed E-state index contributed by atoms with van der Waals surface area (Å²) in [5, 5.41) is 9.03. The van der Waals surface area contributed by atoms with Crippen molar-refractivity contribution in [2.75, 3.05) is 5.33 Å². The molecule has 0 N–H and O–H groups in total. The number of nitrogens with zero attached hydrogens (tertiary/aromatic N) is 1. The lowest BCUT2D eigenvalue weighted by Crippen LogP contribution is -1.91. The SMILES string of the molecule is CC(CBr)CC#N. The van der Waals surface area contributed by atoms with E-state index < -0.39 is 0 Å². The summed E-state index contributed by atoms with van der Waals surface area (Å²) in [6.45, 7) is 2.04. The molecule has 0 amide bonds. The molecule has 1 unspecified atom stereocenters. The lowest BCUT2D eigenvalue weighted by Gasteiger charge is -1.95. The van der Waals surface area contributed by atoms with Crippen molar-refractivity contribution in [2.45, 2.75) is 13.3 Å². The van der Waals surface area contributed by atoms with E-state index in [4.69, 9.17) is 5.26 Å². The quantitative estimate of drug-likeness (QED) is 0.569. The molecule has 7 heavy (non-hydrogen) atoms. The molecular formula is C5H8BrN. The highest BCUT2D eigenvalue weighted by Crippen LogP contribution is 2.02. The predicted octanol–water partition coefficient (Wildman–Crippen LogP) is 1.93. The number of hydrogen-bond acceptors (Lipinski definition) is 1. The Kier molecular flexibility index (Phi) is 4.12. The largest absolute Gasteiger partial charge is 0.198 e. The molecule has 0 aliphatic heterocycles. The molecule has 40 valence electrons. The van der Waals surface area contributed by atoms with Crippen LogP contribution in [0.25, 0.3) is 0 Å². The number of rotatable bonds is 2. The van der Waals surface area contributed by atoms with E-state index in [1.54, 1.807) is 0 Å². The Morgan fingerprint density at radius 1 is 1.86 bits per heavy atom. The summed E-state index contributed by atoms with van der Waals surface area (Å²) in [5.41, 5.74) is 0. The Balaban J connectivity index is 3.03. The fourth-order valence-electron chi connectivity index (χ4n) is 0.210. The number of halogens is 1. The van der Waals surface area contributed by atoms with Crippen molar-refractivity contribution in [3.63, 3.8) is 0 Å². The molecule has 0 saturated heterocycles. The van der Waals surface area contributed by atoms with Gasteiger partial charge in [-0.1, -0.05) is 22.9 Å². The zero-order chi connectivity index (χ0) is 5.70. The van der Waals surface area contributed by atoms with Crippen molar-refractivity contribution in [1.82, 2.24) is 0 Å². The van der Waals surface area contributed by atoms with Gasteiger partial charge in [0.25, 0.3) is 0 Å². The van der Waals surface area contributed by atoms with Crippen molar-refractivity contribution < 1.29 is 0 Å². The Morgan fingerprint density at radius 3 is 2.57 bits per heavy atom. The molecule has 0 fully saturated rings. The zero-order valence-electron chi connectivity index (χ0n) is 4.32. The fourth-order valence-corrected chi connectivity index (χ4v) is 0.439. The number of hydrogen-bond donors (Lipinski definition) is 0. The van der Waals surface area contributed by atoms with E-state index in [0.29, 0.717) is 12.3 Å². The first-order chi connectivity index (χ1) is 3.31. The van der Waals surface area contributed by atoms with Crippen LogP contribution < -0.4 is 0 Å². The van der Waals surface area contributed by atoms with E-state index >= 15 is 0 Å². The molecule has 0 bridgehead atoms. The first kappa shape index (κ1) is 6.97. The minimum absolute atomic E-state index is 0.505. The molecule has 0 radical (unpaired) electrons. The second-order valence-corrected chi connectivity index (χ2v) is 2.27. The highest BCUT2D eigenvalue weighted by molar-refractivity contribution is 9.09. The van der Waals surface area contributed by atoms with E-state index in [-0.39, 0.29) is 0 Å². The van der Waals surface area contributed by atoms with E-state index in [2.05, 4.69) is 22.0 Å². The fraction of sp³-hybridized carbons (Fsp3) is 0.800. The van der Waals surface area contributed by atoms with Crippen LogP contribution in [0.2, 0.25) is 0 Å². The average molecular weight is 162 g/mol. The molecule has 0 saturated carbocycles. The van der Waals surface area contributed by atoms with Crippen molar-refractivity contribution in [3.8, 4) is 6.07 Å². The second kappa shape index (κ2) is 4.14. The topological polar surface area (TPSA) is 23.8 Å². The third-order valence-electron chi connectivity index (χ3n) is 0.703. The second-order valence-electron chi connectivity index (χ2n) is 1.62. The molecule has 0 rings (SSSR count). The molecule has 1 nitrogen and oxygen atoms in total. The lowest BCUT2D eigenvalue weighted by atomic mass is 10.2. The summed E-state index contributed by atoms with van der Waals surface area (Å²) in [4.78, 5) is 0. The Labute approximate surface area is 52.5 Å². The first-order valence-corrected chi connectivity index (χ1v) is 3.36. The van der Waals surface area contributed by atoms with Gasteiger partial charge in [0.2, 0.25) is 0 Å². The predicted molar refractivity (Wildman–Crippen MR) is 33.2 cm³/mol. The molecule has 0 aromatic carbocycles. The number of alkyl halides is 1. The summed E-state index contributed by atoms with van der Waals surface area (Å²) in [5.74, 6) is 0.505. The molecule has 1 atom stereocenters. The smallest absolute Gasteiger partial charge is 0.0624 e. The highest BCUT2D eigenvalue weighted by atomic mass is 79.9. The molecule has 0 aromatic heterocycles. The van der Waals surface area contributed by atoms with Gasteiger partial charge in [-0.05, 0) is 5.92 Å². The van der Waals surface area contributed by atoms with E-state index in [1.165, 1.54) is 0 Å². The molecule has 0 aromatic rings. The van der Waals surface area contributed by atoms with Crippen LogP contribution in [0.15, 0.2) is 0 Å². The molecule has 0 aliphatic rings. The standard InChI is InChI=1S/C5H8BrN/c1-5(4-6)2-3-7/h5H,2,4H2,1H3. The van der Waals surface area contributed by atoms with Gasteiger partial charge in [-0.3, -0.25) is 0 Å². The number of nitriles is 1. The van der Waals surface area contributed by atoms with Crippen LogP contribution in [0.1, 0.15) is 13.3 Å². The summed E-state index contributed by atoms with van der Waals surface area (Å²) in [7, 11) is 0. The summed E-state index contributed by atoms with van der Waals surface area (Å²) >= 11 is 3.26. The Hall–Kier alpha value is -0.0300. The summed E-state index contributed by atoms with van der Waals surface area (Å²) in [6.07, 6.45) is 0.658. The van der Waals surface area contributed by atoms with E-state index in [1.807, 2.05) is 6.92 Å². The van der Waals surface area contributed by atoms with Gasteiger partial charge < -0.3 is 0 Å². The zero-order valence-corrected chi connectivity index (χ0v) is 5.90. The maximum atomic E-state index is 8.10. The highest BCUT2D eigenvalue weighted by Gasteiger charge is 1.94. The molecule has 0 aliphatic carbocycles. The Morgan fingerprint density at radius 2 is 2.43 bits per heavy atom. The first-order valence-electron chi connectivity index (χ1n) is 2.24.